The molecular weight excluding hydrogens is 488 g/mol. The number of rotatable bonds is 11. The van der Waals surface area contributed by atoms with Gasteiger partial charge in [0.25, 0.3) is 0 Å². The van der Waals surface area contributed by atoms with Crippen molar-refractivity contribution in [3.05, 3.63) is 29.8 Å². The Bertz CT molecular complexity index is 963. The van der Waals surface area contributed by atoms with Crippen molar-refractivity contribution in [2.24, 2.45) is 17.3 Å². The number of carbonyl (C=O) groups excluding carboxylic acids is 3. The van der Waals surface area contributed by atoms with Gasteiger partial charge < -0.3 is 20.6 Å². The predicted molar refractivity (Wildman–Crippen MR) is 143 cm³/mol. The van der Waals surface area contributed by atoms with E-state index < -0.39 is 23.3 Å². The summed E-state index contributed by atoms with van der Waals surface area (Å²) in [6.07, 6.45) is 6.64. The molecule has 3 rings (SSSR count). The number of likely N-dealkylation sites (tertiary alicyclic amines) is 1. The van der Waals surface area contributed by atoms with Gasteiger partial charge in [0.05, 0.1) is 18.0 Å². The van der Waals surface area contributed by atoms with E-state index in [0.29, 0.717) is 36.9 Å². The standard InChI is InChI=1S/C28H42N4O6/c1-28(2,3)24(30-25(34)21(17-32(38)18-33)16-19-6-4-5-7-19)26(35)31-14-12-23(13-15-31)29-22-10-8-20(9-11-22)27(36)37/h8-11,18-19,21,23-24,29,38H,4-7,12-17H2,1-3H3,(H,30,34)(H,36,37)/t21-,24-/m1/s1. The van der Waals surface area contributed by atoms with Gasteiger partial charge in [0.2, 0.25) is 18.2 Å². The Hall–Kier alpha value is -3.14. The van der Waals surface area contributed by atoms with Crippen LogP contribution >= 0.6 is 0 Å². The number of hydroxylamine groups is 2. The second kappa shape index (κ2) is 13.1. The largest absolute Gasteiger partial charge is 0.478 e. The quantitative estimate of drug-likeness (QED) is 0.195. The number of nitrogens with zero attached hydrogens (tertiary/aromatic N) is 2. The fraction of sp³-hybridized carbons (Fsp3) is 0.643. The zero-order valence-corrected chi connectivity index (χ0v) is 22.7. The van der Waals surface area contributed by atoms with E-state index in [1.807, 2.05) is 20.8 Å². The molecule has 1 aromatic carbocycles. The fourth-order valence-corrected chi connectivity index (χ4v) is 5.46. The van der Waals surface area contributed by atoms with Crippen molar-refractivity contribution in [2.45, 2.75) is 77.8 Å². The number of nitrogens with one attached hydrogen (secondary N) is 2. The number of carboxylic acid groups (broad SMARTS) is 1. The third-order valence-electron chi connectivity index (χ3n) is 7.70. The van der Waals surface area contributed by atoms with Gasteiger partial charge in [-0.25, -0.2) is 9.86 Å². The minimum absolute atomic E-state index is 0.0958. The summed E-state index contributed by atoms with van der Waals surface area (Å²) in [4.78, 5) is 50.9. The van der Waals surface area contributed by atoms with Gasteiger partial charge in [-0.1, -0.05) is 46.5 Å². The number of anilines is 1. The lowest BCUT2D eigenvalue weighted by Crippen LogP contribution is -2.58. The molecule has 0 spiro atoms. The lowest BCUT2D eigenvalue weighted by molar-refractivity contribution is -0.156. The van der Waals surface area contributed by atoms with E-state index in [4.69, 9.17) is 5.11 Å². The number of carboxylic acids is 1. The number of aromatic carboxylic acids is 1. The summed E-state index contributed by atoms with van der Waals surface area (Å²) in [6, 6.07) is 6.01. The molecule has 1 saturated heterocycles. The maximum Gasteiger partial charge on any atom is 0.335 e. The molecule has 0 unspecified atom stereocenters. The summed E-state index contributed by atoms with van der Waals surface area (Å²) in [6.45, 7) is 6.73. The van der Waals surface area contributed by atoms with Gasteiger partial charge in [-0.15, -0.1) is 0 Å². The molecule has 10 nitrogen and oxygen atoms in total. The maximum atomic E-state index is 13.6. The SMILES string of the molecule is CC(C)(C)[C@H](NC(=O)[C@H](CC1CCCC1)CN(O)C=O)C(=O)N1CCC(Nc2ccc(C(=O)O)cc2)CC1. The first-order valence-electron chi connectivity index (χ1n) is 13.6. The zero-order valence-electron chi connectivity index (χ0n) is 22.7. The van der Waals surface area contributed by atoms with Crippen molar-refractivity contribution >= 4 is 29.9 Å². The second-order valence-corrected chi connectivity index (χ2v) is 11.7. The smallest absolute Gasteiger partial charge is 0.335 e. The first-order chi connectivity index (χ1) is 18.0. The van der Waals surface area contributed by atoms with Crippen LogP contribution in [0.2, 0.25) is 0 Å². The summed E-state index contributed by atoms with van der Waals surface area (Å²) < 4.78 is 0. The van der Waals surface area contributed by atoms with Crippen LogP contribution in [0, 0.1) is 17.3 Å². The van der Waals surface area contributed by atoms with Crippen LogP contribution in [0.1, 0.15) is 76.1 Å². The Morgan fingerprint density at radius 2 is 1.68 bits per heavy atom. The molecule has 4 N–H and O–H groups in total. The number of benzene rings is 1. The second-order valence-electron chi connectivity index (χ2n) is 11.7. The Morgan fingerprint density at radius 3 is 2.21 bits per heavy atom. The first kappa shape index (κ1) is 29.4. The van der Waals surface area contributed by atoms with E-state index >= 15 is 0 Å². The van der Waals surface area contributed by atoms with Gasteiger partial charge in [-0.3, -0.25) is 19.6 Å². The Balaban J connectivity index is 1.60. The number of amides is 3. The highest BCUT2D eigenvalue weighted by atomic mass is 16.5. The van der Waals surface area contributed by atoms with Gasteiger partial charge in [0.15, 0.2) is 0 Å². The molecule has 2 fully saturated rings. The minimum atomic E-state index is -0.967. The molecule has 210 valence electrons. The van der Waals surface area contributed by atoms with E-state index in [0.717, 1.165) is 44.2 Å². The van der Waals surface area contributed by atoms with Crippen molar-refractivity contribution in [3.63, 3.8) is 0 Å². The molecule has 38 heavy (non-hydrogen) atoms. The topological polar surface area (TPSA) is 139 Å². The molecule has 1 aliphatic heterocycles. The van der Waals surface area contributed by atoms with Gasteiger partial charge in [0, 0.05) is 24.8 Å². The zero-order chi connectivity index (χ0) is 27.9. The molecule has 1 heterocycles. The van der Waals surface area contributed by atoms with Crippen LogP contribution < -0.4 is 10.6 Å². The summed E-state index contributed by atoms with van der Waals surface area (Å²) in [7, 11) is 0. The van der Waals surface area contributed by atoms with E-state index in [-0.39, 0.29) is 30.0 Å². The molecule has 2 atom stereocenters. The van der Waals surface area contributed by atoms with Crippen molar-refractivity contribution in [1.82, 2.24) is 15.3 Å². The highest BCUT2D eigenvalue weighted by molar-refractivity contribution is 5.89. The average molecular weight is 531 g/mol. The molecule has 10 heteroatoms. The molecule has 0 aromatic heterocycles. The van der Waals surface area contributed by atoms with Crippen molar-refractivity contribution < 1.29 is 29.5 Å². The average Bonchev–Trinajstić information content (AvgIpc) is 3.39. The lowest BCUT2D eigenvalue weighted by atomic mass is 9.84. The Kier molecular flexibility index (Phi) is 10.1. The van der Waals surface area contributed by atoms with Gasteiger partial charge >= 0.3 is 5.97 Å². The molecule has 0 bridgehead atoms. The van der Waals surface area contributed by atoms with Crippen LogP contribution in [-0.4, -0.2) is 76.2 Å². The summed E-state index contributed by atoms with van der Waals surface area (Å²) >= 11 is 0. The normalized spacial score (nSPS) is 18.5. The van der Waals surface area contributed by atoms with E-state index in [1.165, 1.54) is 0 Å². The molecule has 1 saturated carbocycles. The third-order valence-corrected chi connectivity index (χ3v) is 7.70. The number of carbonyl (C=O) groups is 4. The third kappa shape index (κ3) is 8.18. The predicted octanol–water partition coefficient (Wildman–Crippen LogP) is 3.36. The van der Waals surface area contributed by atoms with Crippen LogP contribution in [0.25, 0.3) is 0 Å². The first-order valence-corrected chi connectivity index (χ1v) is 13.6. The van der Waals surface area contributed by atoms with Crippen LogP contribution in [0.4, 0.5) is 5.69 Å². The van der Waals surface area contributed by atoms with Crippen LogP contribution in [0.15, 0.2) is 24.3 Å². The monoisotopic (exact) mass is 530 g/mol. The van der Waals surface area contributed by atoms with Crippen LogP contribution in [0.5, 0.6) is 0 Å². The summed E-state index contributed by atoms with van der Waals surface area (Å²) in [5.74, 6) is -1.63. The molecule has 0 radical (unpaired) electrons. The molecule has 2 aliphatic rings. The lowest BCUT2D eigenvalue weighted by Gasteiger charge is -2.39. The van der Waals surface area contributed by atoms with Gasteiger partial charge in [-0.05, 0) is 54.9 Å². The Morgan fingerprint density at radius 1 is 1.08 bits per heavy atom. The van der Waals surface area contributed by atoms with Crippen molar-refractivity contribution in [3.8, 4) is 0 Å². The van der Waals surface area contributed by atoms with Crippen molar-refractivity contribution in [2.75, 3.05) is 25.0 Å². The van der Waals surface area contributed by atoms with Crippen LogP contribution in [0.3, 0.4) is 0 Å². The minimum Gasteiger partial charge on any atom is -0.478 e. The number of hydrogen-bond donors (Lipinski definition) is 4. The van der Waals surface area contributed by atoms with Crippen molar-refractivity contribution in [1.29, 1.82) is 0 Å². The molecule has 3 amide bonds. The molecule has 1 aliphatic carbocycles. The number of hydrogen-bond acceptors (Lipinski definition) is 6. The highest BCUT2D eigenvalue weighted by Gasteiger charge is 2.38. The number of piperidine rings is 1. The van der Waals surface area contributed by atoms with Gasteiger partial charge in [0.1, 0.15) is 6.04 Å². The van der Waals surface area contributed by atoms with E-state index in [9.17, 15) is 24.4 Å². The van der Waals surface area contributed by atoms with Crippen LogP contribution in [-0.2, 0) is 14.4 Å². The molecule has 1 aromatic rings. The van der Waals surface area contributed by atoms with Gasteiger partial charge in [-0.2, -0.15) is 0 Å². The fourth-order valence-electron chi connectivity index (χ4n) is 5.46. The van der Waals surface area contributed by atoms with E-state index in [2.05, 4.69) is 10.6 Å². The Labute approximate surface area is 224 Å². The highest BCUT2D eigenvalue weighted by Crippen LogP contribution is 2.31. The van der Waals surface area contributed by atoms with E-state index in [1.54, 1.807) is 29.2 Å². The summed E-state index contributed by atoms with van der Waals surface area (Å²) in [5.41, 5.74) is 0.533. The summed E-state index contributed by atoms with van der Waals surface area (Å²) in [5, 5.41) is 25.8. The molecular formula is C28H42N4O6. The maximum absolute atomic E-state index is 13.6.